The lowest BCUT2D eigenvalue weighted by Crippen LogP contribution is -2.28. The Labute approximate surface area is 182 Å². The van der Waals surface area contributed by atoms with Crippen LogP contribution in [0.1, 0.15) is 6.42 Å². The van der Waals surface area contributed by atoms with E-state index in [0.29, 0.717) is 22.9 Å². The van der Waals surface area contributed by atoms with Crippen LogP contribution in [0.4, 0.5) is 11.4 Å². The average molecular weight is 477 g/mol. The Morgan fingerprint density at radius 2 is 1.87 bits per heavy atom. The van der Waals surface area contributed by atoms with Gasteiger partial charge in [0.05, 0.1) is 25.8 Å². The molecular formula is C21H21BrN2O6. The van der Waals surface area contributed by atoms with Crippen molar-refractivity contribution in [1.29, 1.82) is 0 Å². The first-order chi connectivity index (χ1) is 14.4. The van der Waals surface area contributed by atoms with Crippen molar-refractivity contribution in [3.63, 3.8) is 0 Å². The summed E-state index contributed by atoms with van der Waals surface area (Å²) >= 11 is 3.35. The summed E-state index contributed by atoms with van der Waals surface area (Å²) in [6, 6.07) is 12.2. The zero-order valence-electron chi connectivity index (χ0n) is 16.5. The van der Waals surface area contributed by atoms with Crippen LogP contribution in [0.15, 0.2) is 46.9 Å². The van der Waals surface area contributed by atoms with Crippen molar-refractivity contribution in [2.24, 2.45) is 5.92 Å². The molecule has 3 rings (SSSR count). The van der Waals surface area contributed by atoms with Crippen molar-refractivity contribution in [2.75, 3.05) is 37.6 Å². The number of hydrogen-bond donors (Lipinski definition) is 1. The normalized spacial score (nSPS) is 15.6. The van der Waals surface area contributed by atoms with E-state index in [1.807, 2.05) is 12.1 Å². The van der Waals surface area contributed by atoms with Crippen molar-refractivity contribution < 1.29 is 28.6 Å². The summed E-state index contributed by atoms with van der Waals surface area (Å²) in [7, 11) is 2.99. The van der Waals surface area contributed by atoms with E-state index >= 15 is 0 Å². The summed E-state index contributed by atoms with van der Waals surface area (Å²) in [5.74, 6) is -0.910. The van der Waals surface area contributed by atoms with Gasteiger partial charge in [-0.25, -0.2) is 0 Å². The molecule has 1 N–H and O–H groups in total. The van der Waals surface area contributed by atoms with Gasteiger partial charge in [0.15, 0.2) is 6.61 Å². The van der Waals surface area contributed by atoms with Gasteiger partial charge < -0.3 is 24.4 Å². The molecule has 2 aromatic rings. The standard InChI is InChI=1S/C21H21BrN2O6/c1-28-16-7-8-18(29-2)17(10-16)23-19(25)12-30-21(27)13-9-20(26)24(11-13)15-5-3-14(22)4-6-15/h3-8,10,13H,9,11-12H2,1-2H3,(H,23,25)/t13-/m1/s1. The van der Waals surface area contributed by atoms with Gasteiger partial charge in [-0.05, 0) is 36.4 Å². The third-order valence-corrected chi connectivity index (χ3v) is 5.15. The zero-order valence-corrected chi connectivity index (χ0v) is 18.1. The molecule has 8 nitrogen and oxygen atoms in total. The van der Waals surface area contributed by atoms with Crippen LogP contribution >= 0.6 is 15.9 Å². The van der Waals surface area contributed by atoms with Crippen LogP contribution in [0.3, 0.4) is 0 Å². The summed E-state index contributed by atoms with van der Waals surface area (Å²) in [5, 5.41) is 2.63. The molecule has 1 fully saturated rings. The fraction of sp³-hybridized carbons (Fsp3) is 0.286. The van der Waals surface area contributed by atoms with Gasteiger partial charge in [0.25, 0.3) is 5.91 Å². The quantitative estimate of drug-likeness (QED) is 0.617. The number of ether oxygens (including phenoxy) is 3. The van der Waals surface area contributed by atoms with E-state index < -0.39 is 24.4 Å². The Morgan fingerprint density at radius 3 is 2.53 bits per heavy atom. The van der Waals surface area contributed by atoms with Crippen molar-refractivity contribution in [3.05, 3.63) is 46.9 Å². The number of anilines is 2. The van der Waals surface area contributed by atoms with Crippen molar-refractivity contribution in [1.82, 2.24) is 0 Å². The Bertz CT molecular complexity index is 947. The van der Waals surface area contributed by atoms with Gasteiger partial charge in [0.1, 0.15) is 11.5 Å². The molecule has 0 radical (unpaired) electrons. The number of hydrogen-bond acceptors (Lipinski definition) is 6. The van der Waals surface area contributed by atoms with Crippen LogP contribution < -0.4 is 19.7 Å². The highest BCUT2D eigenvalue weighted by Crippen LogP contribution is 2.29. The fourth-order valence-corrected chi connectivity index (χ4v) is 3.35. The number of halogens is 1. The fourth-order valence-electron chi connectivity index (χ4n) is 3.09. The number of nitrogens with one attached hydrogen (secondary N) is 1. The Morgan fingerprint density at radius 1 is 1.13 bits per heavy atom. The minimum absolute atomic E-state index is 0.0419. The summed E-state index contributed by atoms with van der Waals surface area (Å²) in [4.78, 5) is 38.4. The smallest absolute Gasteiger partial charge is 0.311 e. The Hall–Kier alpha value is -3.07. The molecule has 1 aliphatic heterocycles. The zero-order chi connectivity index (χ0) is 21.7. The second kappa shape index (κ2) is 9.62. The van der Waals surface area contributed by atoms with E-state index in [-0.39, 0.29) is 18.9 Å². The van der Waals surface area contributed by atoms with E-state index in [1.165, 1.54) is 14.2 Å². The average Bonchev–Trinajstić information content (AvgIpc) is 3.14. The molecule has 0 bridgehead atoms. The van der Waals surface area contributed by atoms with Gasteiger partial charge in [-0.3, -0.25) is 14.4 Å². The highest BCUT2D eigenvalue weighted by Gasteiger charge is 2.36. The number of carbonyl (C=O) groups is 3. The molecule has 9 heteroatoms. The molecular weight excluding hydrogens is 456 g/mol. The van der Waals surface area contributed by atoms with E-state index in [2.05, 4.69) is 21.2 Å². The summed E-state index contributed by atoms with van der Waals surface area (Å²) in [6.45, 7) is -0.257. The van der Waals surface area contributed by atoms with Gasteiger partial charge in [-0.2, -0.15) is 0 Å². The minimum Gasteiger partial charge on any atom is -0.497 e. The van der Waals surface area contributed by atoms with Crippen LogP contribution in [0.5, 0.6) is 11.5 Å². The molecule has 1 heterocycles. The van der Waals surface area contributed by atoms with Gasteiger partial charge in [0.2, 0.25) is 5.91 Å². The number of methoxy groups -OCH3 is 2. The molecule has 0 saturated carbocycles. The van der Waals surface area contributed by atoms with E-state index in [1.54, 1.807) is 35.2 Å². The topological polar surface area (TPSA) is 94.2 Å². The predicted molar refractivity (Wildman–Crippen MR) is 114 cm³/mol. The highest BCUT2D eigenvalue weighted by atomic mass is 79.9. The molecule has 0 aliphatic carbocycles. The number of rotatable bonds is 7. The number of amides is 2. The monoisotopic (exact) mass is 476 g/mol. The van der Waals surface area contributed by atoms with Crippen LogP contribution in [0.2, 0.25) is 0 Å². The van der Waals surface area contributed by atoms with E-state index in [4.69, 9.17) is 14.2 Å². The molecule has 0 spiro atoms. The summed E-state index contributed by atoms with van der Waals surface area (Å²) in [5.41, 5.74) is 1.11. The van der Waals surface area contributed by atoms with Crippen molar-refractivity contribution in [2.45, 2.75) is 6.42 Å². The van der Waals surface area contributed by atoms with Crippen molar-refractivity contribution >= 4 is 45.1 Å². The number of benzene rings is 2. The molecule has 1 atom stereocenters. The second-order valence-electron chi connectivity index (χ2n) is 6.60. The first-order valence-electron chi connectivity index (χ1n) is 9.15. The SMILES string of the molecule is COc1ccc(OC)c(NC(=O)COC(=O)[C@@H]2CC(=O)N(c3ccc(Br)cc3)C2)c1. The molecule has 2 amide bonds. The lowest BCUT2D eigenvalue weighted by molar-refractivity contribution is -0.151. The van der Waals surface area contributed by atoms with Gasteiger partial charge in [-0.1, -0.05) is 15.9 Å². The number of carbonyl (C=O) groups excluding carboxylic acids is 3. The molecule has 1 saturated heterocycles. The molecule has 158 valence electrons. The minimum atomic E-state index is -0.625. The van der Waals surface area contributed by atoms with Gasteiger partial charge in [-0.15, -0.1) is 0 Å². The maximum absolute atomic E-state index is 12.4. The molecule has 2 aromatic carbocycles. The Kier molecular flexibility index (Phi) is 6.94. The van der Waals surface area contributed by atoms with Gasteiger partial charge >= 0.3 is 5.97 Å². The van der Waals surface area contributed by atoms with Crippen LogP contribution in [-0.4, -0.2) is 45.2 Å². The lowest BCUT2D eigenvalue weighted by Gasteiger charge is -2.16. The molecule has 30 heavy (non-hydrogen) atoms. The van der Waals surface area contributed by atoms with E-state index in [0.717, 1.165) is 4.47 Å². The lowest BCUT2D eigenvalue weighted by atomic mass is 10.1. The van der Waals surface area contributed by atoms with Crippen LogP contribution in [0, 0.1) is 5.92 Å². The first kappa shape index (κ1) is 21.6. The second-order valence-corrected chi connectivity index (χ2v) is 7.52. The summed E-state index contributed by atoms with van der Waals surface area (Å²) < 4.78 is 16.4. The van der Waals surface area contributed by atoms with Crippen LogP contribution in [0.25, 0.3) is 0 Å². The van der Waals surface area contributed by atoms with Crippen LogP contribution in [-0.2, 0) is 19.1 Å². The predicted octanol–water partition coefficient (Wildman–Crippen LogP) is 3.00. The first-order valence-corrected chi connectivity index (χ1v) is 9.95. The maximum Gasteiger partial charge on any atom is 0.311 e. The summed E-state index contributed by atoms with van der Waals surface area (Å²) in [6.07, 6.45) is 0.0419. The highest BCUT2D eigenvalue weighted by molar-refractivity contribution is 9.10. The maximum atomic E-state index is 12.4. The molecule has 1 aliphatic rings. The third kappa shape index (κ3) is 5.10. The number of nitrogens with zero attached hydrogens (tertiary/aromatic N) is 1. The van der Waals surface area contributed by atoms with E-state index in [9.17, 15) is 14.4 Å². The number of esters is 1. The molecule has 0 unspecified atom stereocenters. The molecule has 0 aromatic heterocycles. The third-order valence-electron chi connectivity index (χ3n) is 4.62. The van der Waals surface area contributed by atoms with Gasteiger partial charge in [0, 0.05) is 29.2 Å². The Balaban J connectivity index is 1.55. The van der Waals surface area contributed by atoms with Crippen molar-refractivity contribution in [3.8, 4) is 11.5 Å². The largest absolute Gasteiger partial charge is 0.497 e.